The summed E-state index contributed by atoms with van der Waals surface area (Å²) < 4.78 is 29.2. The molecule has 0 aliphatic heterocycles. The molecule has 0 aliphatic carbocycles. The summed E-state index contributed by atoms with van der Waals surface area (Å²) in [4.78, 5) is 4.24. The highest BCUT2D eigenvalue weighted by atomic mass is 32.2. The van der Waals surface area contributed by atoms with Gasteiger partial charge in [0.1, 0.15) is 4.90 Å². The molecule has 0 aliphatic rings. The van der Waals surface area contributed by atoms with Gasteiger partial charge >= 0.3 is 0 Å². The summed E-state index contributed by atoms with van der Waals surface area (Å²) in [6.07, 6.45) is 3.30. The molecule has 0 spiro atoms. The van der Waals surface area contributed by atoms with Gasteiger partial charge in [0.15, 0.2) is 0 Å². The lowest BCUT2D eigenvalue weighted by molar-refractivity contribution is 0.565. The lowest BCUT2D eigenvalue weighted by Crippen LogP contribution is -2.27. The molecule has 20 heavy (non-hydrogen) atoms. The van der Waals surface area contributed by atoms with Crippen LogP contribution in [0, 0.1) is 13.8 Å². The highest BCUT2D eigenvalue weighted by Crippen LogP contribution is 2.21. The molecular weight excluding hydrogens is 276 g/mol. The first kappa shape index (κ1) is 14.7. The average molecular weight is 294 g/mol. The number of hydrogen-bond acceptors (Lipinski definition) is 4. The summed E-state index contributed by atoms with van der Waals surface area (Å²) in [6, 6.07) is 3.26. The third-order valence-corrected chi connectivity index (χ3v) is 5.02. The highest BCUT2D eigenvalue weighted by molar-refractivity contribution is 7.89. The standard InChI is InChI=1S/C13H18N4O2S/c1-9(12-6-5-7-14-8-12)16-20(18,19)13-10(2)15-17(4)11(13)3/h5-9,16H,1-4H3/t9-/m0/s1. The number of nitrogens with zero attached hydrogens (tertiary/aromatic N) is 3. The molecule has 0 radical (unpaired) electrons. The maximum atomic E-state index is 12.5. The second-order valence-corrected chi connectivity index (χ2v) is 6.40. The number of hydrogen-bond donors (Lipinski definition) is 1. The number of pyridine rings is 1. The zero-order valence-electron chi connectivity index (χ0n) is 12.0. The van der Waals surface area contributed by atoms with E-state index >= 15 is 0 Å². The Bertz CT molecular complexity index is 707. The number of aromatic nitrogens is 3. The summed E-state index contributed by atoms with van der Waals surface area (Å²) in [5, 5.41) is 4.14. The smallest absolute Gasteiger partial charge is 0.244 e. The summed E-state index contributed by atoms with van der Waals surface area (Å²) in [6.45, 7) is 5.22. The predicted octanol–water partition coefficient (Wildman–Crippen LogP) is 1.47. The van der Waals surface area contributed by atoms with Crippen molar-refractivity contribution < 1.29 is 8.42 Å². The Kier molecular flexibility index (Phi) is 3.92. The van der Waals surface area contributed by atoms with Gasteiger partial charge in [0.2, 0.25) is 10.0 Å². The van der Waals surface area contributed by atoms with Crippen LogP contribution in [0.1, 0.15) is 29.9 Å². The van der Waals surface area contributed by atoms with Gasteiger partial charge < -0.3 is 0 Å². The summed E-state index contributed by atoms with van der Waals surface area (Å²) in [5.41, 5.74) is 1.93. The van der Waals surface area contributed by atoms with E-state index in [1.165, 1.54) is 0 Å². The Balaban J connectivity index is 2.33. The van der Waals surface area contributed by atoms with E-state index in [0.29, 0.717) is 11.4 Å². The van der Waals surface area contributed by atoms with Gasteiger partial charge in [0, 0.05) is 25.5 Å². The van der Waals surface area contributed by atoms with Crippen molar-refractivity contribution in [2.24, 2.45) is 7.05 Å². The van der Waals surface area contributed by atoms with Crippen LogP contribution >= 0.6 is 0 Å². The predicted molar refractivity (Wildman–Crippen MR) is 75.7 cm³/mol. The molecule has 2 aromatic heterocycles. The van der Waals surface area contributed by atoms with Crippen LogP contribution in [0.2, 0.25) is 0 Å². The van der Waals surface area contributed by atoms with Gasteiger partial charge in [-0.3, -0.25) is 9.67 Å². The second kappa shape index (κ2) is 5.34. The third kappa shape index (κ3) is 2.73. The number of sulfonamides is 1. The minimum Gasteiger partial charge on any atom is -0.271 e. The maximum absolute atomic E-state index is 12.5. The molecule has 108 valence electrons. The number of nitrogens with one attached hydrogen (secondary N) is 1. The molecule has 0 amide bonds. The summed E-state index contributed by atoms with van der Waals surface area (Å²) in [5.74, 6) is 0. The van der Waals surface area contributed by atoms with Crippen molar-refractivity contribution in [3.8, 4) is 0 Å². The Morgan fingerprint density at radius 2 is 2.05 bits per heavy atom. The molecule has 2 heterocycles. The first-order valence-corrected chi connectivity index (χ1v) is 7.73. The molecule has 0 fully saturated rings. The minimum absolute atomic E-state index is 0.246. The SMILES string of the molecule is Cc1nn(C)c(C)c1S(=O)(=O)N[C@@H](C)c1cccnc1. The average Bonchev–Trinajstić information content (AvgIpc) is 2.64. The molecule has 0 bridgehead atoms. The minimum atomic E-state index is -3.61. The van der Waals surface area contributed by atoms with Crippen LogP contribution in [0.3, 0.4) is 0 Å². The van der Waals surface area contributed by atoms with E-state index in [2.05, 4.69) is 14.8 Å². The molecule has 7 heteroatoms. The Labute approximate surface area is 118 Å². The van der Waals surface area contributed by atoms with Crippen LogP contribution in [-0.2, 0) is 17.1 Å². The molecular formula is C13H18N4O2S. The molecule has 0 unspecified atom stereocenters. The number of aryl methyl sites for hydroxylation is 2. The van der Waals surface area contributed by atoms with Crippen molar-refractivity contribution in [3.05, 3.63) is 41.5 Å². The van der Waals surface area contributed by atoms with Crippen LogP contribution in [0.15, 0.2) is 29.4 Å². The normalized spacial score (nSPS) is 13.4. The third-order valence-electron chi connectivity index (χ3n) is 3.23. The van der Waals surface area contributed by atoms with Gasteiger partial charge in [-0.1, -0.05) is 6.07 Å². The first-order chi connectivity index (χ1) is 9.33. The van der Waals surface area contributed by atoms with E-state index in [4.69, 9.17) is 0 Å². The van der Waals surface area contributed by atoms with Crippen LogP contribution in [0.4, 0.5) is 0 Å². The lowest BCUT2D eigenvalue weighted by Gasteiger charge is -2.14. The lowest BCUT2D eigenvalue weighted by atomic mass is 10.2. The van der Waals surface area contributed by atoms with E-state index in [1.54, 1.807) is 51.0 Å². The monoisotopic (exact) mass is 294 g/mol. The van der Waals surface area contributed by atoms with Crippen molar-refractivity contribution in [1.29, 1.82) is 0 Å². The molecule has 6 nitrogen and oxygen atoms in total. The van der Waals surface area contributed by atoms with Crippen molar-refractivity contribution >= 4 is 10.0 Å². The van der Waals surface area contributed by atoms with E-state index in [9.17, 15) is 8.42 Å². The Hall–Kier alpha value is -1.73. The molecule has 0 saturated heterocycles. The van der Waals surface area contributed by atoms with Crippen molar-refractivity contribution in [2.75, 3.05) is 0 Å². The molecule has 2 aromatic rings. The largest absolute Gasteiger partial charge is 0.271 e. The maximum Gasteiger partial charge on any atom is 0.244 e. The van der Waals surface area contributed by atoms with Gasteiger partial charge in [0.05, 0.1) is 11.4 Å². The highest BCUT2D eigenvalue weighted by Gasteiger charge is 2.25. The summed E-state index contributed by atoms with van der Waals surface area (Å²) in [7, 11) is -1.88. The van der Waals surface area contributed by atoms with Crippen molar-refractivity contribution in [2.45, 2.75) is 31.7 Å². The van der Waals surface area contributed by atoms with Crippen LogP contribution in [0.5, 0.6) is 0 Å². The number of rotatable bonds is 4. The van der Waals surface area contributed by atoms with Gasteiger partial charge in [-0.15, -0.1) is 0 Å². The quantitative estimate of drug-likeness (QED) is 0.926. The Morgan fingerprint density at radius 3 is 2.55 bits per heavy atom. The van der Waals surface area contributed by atoms with E-state index in [0.717, 1.165) is 5.56 Å². The zero-order chi connectivity index (χ0) is 14.9. The van der Waals surface area contributed by atoms with Crippen molar-refractivity contribution in [3.63, 3.8) is 0 Å². The Morgan fingerprint density at radius 1 is 1.35 bits per heavy atom. The van der Waals surface area contributed by atoms with Gasteiger partial charge in [-0.2, -0.15) is 5.10 Å². The molecule has 0 saturated carbocycles. The van der Waals surface area contributed by atoms with Crippen molar-refractivity contribution in [1.82, 2.24) is 19.5 Å². The fourth-order valence-corrected chi connectivity index (χ4v) is 3.81. The topological polar surface area (TPSA) is 76.9 Å². The van der Waals surface area contributed by atoms with E-state index in [1.807, 2.05) is 6.07 Å². The zero-order valence-corrected chi connectivity index (χ0v) is 12.8. The van der Waals surface area contributed by atoms with E-state index < -0.39 is 10.0 Å². The first-order valence-electron chi connectivity index (χ1n) is 6.25. The molecule has 1 atom stereocenters. The molecule has 1 N–H and O–H groups in total. The van der Waals surface area contributed by atoms with Gasteiger partial charge in [0.25, 0.3) is 0 Å². The van der Waals surface area contributed by atoms with E-state index in [-0.39, 0.29) is 10.9 Å². The summed E-state index contributed by atoms with van der Waals surface area (Å²) >= 11 is 0. The second-order valence-electron chi connectivity index (χ2n) is 4.75. The van der Waals surface area contributed by atoms with Gasteiger partial charge in [-0.25, -0.2) is 13.1 Å². The van der Waals surface area contributed by atoms with Gasteiger partial charge in [-0.05, 0) is 32.4 Å². The fraction of sp³-hybridized carbons (Fsp3) is 0.385. The fourth-order valence-electron chi connectivity index (χ4n) is 2.13. The van der Waals surface area contributed by atoms with Crippen LogP contribution in [-0.4, -0.2) is 23.2 Å². The molecule has 2 rings (SSSR count). The van der Waals surface area contributed by atoms with Crippen LogP contribution in [0.25, 0.3) is 0 Å². The molecule has 0 aromatic carbocycles. The van der Waals surface area contributed by atoms with Crippen LogP contribution < -0.4 is 4.72 Å².